The van der Waals surface area contributed by atoms with Crippen LogP contribution in [0, 0.1) is 0 Å². The summed E-state index contributed by atoms with van der Waals surface area (Å²) in [6.45, 7) is 3.95. The molecule has 0 fully saturated rings. The van der Waals surface area contributed by atoms with Crippen molar-refractivity contribution in [2.75, 3.05) is 11.9 Å². The number of benzene rings is 2. The van der Waals surface area contributed by atoms with Crippen LogP contribution >= 0.6 is 15.9 Å². The quantitative estimate of drug-likeness (QED) is 0.632. The van der Waals surface area contributed by atoms with Gasteiger partial charge in [-0.15, -0.1) is 0 Å². The highest BCUT2D eigenvalue weighted by atomic mass is 79.9. The fraction of sp³-hybridized carbons (Fsp3) is 0.190. The smallest absolute Gasteiger partial charge is 0.252 e. The maximum Gasteiger partial charge on any atom is 0.252 e. The number of hydrogen-bond donors (Lipinski definition) is 2. The van der Waals surface area contributed by atoms with E-state index < -0.39 is 0 Å². The first-order valence-electron chi connectivity index (χ1n) is 8.68. The number of amides is 2. The number of fused-ring (bicyclic) bond motifs is 1. The Hall–Kier alpha value is -2.73. The summed E-state index contributed by atoms with van der Waals surface area (Å²) in [4.78, 5) is 29.5. The number of aromatic nitrogens is 1. The minimum Gasteiger partial charge on any atom is -0.343 e. The van der Waals surface area contributed by atoms with Gasteiger partial charge in [-0.25, -0.2) is 0 Å². The minimum absolute atomic E-state index is 0.117. The third-order valence-electron chi connectivity index (χ3n) is 4.13. The molecule has 0 radical (unpaired) electrons. The molecule has 0 aliphatic heterocycles. The Morgan fingerprint density at radius 1 is 1.07 bits per heavy atom. The monoisotopic (exact) mass is 425 g/mol. The summed E-state index contributed by atoms with van der Waals surface area (Å²) in [6, 6.07) is 16.6. The average Bonchev–Trinajstić information content (AvgIpc) is 2.67. The summed E-state index contributed by atoms with van der Waals surface area (Å²) >= 11 is 3.38. The maximum absolute atomic E-state index is 12.7. The highest BCUT2D eigenvalue weighted by Crippen LogP contribution is 2.23. The third-order valence-corrected chi connectivity index (χ3v) is 4.82. The number of hydrogen-bond acceptors (Lipinski definition) is 3. The molecular formula is C21H20BrN3O2. The number of rotatable bonds is 5. The van der Waals surface area contributed by atoms with Crippen molar-refractivity contribution in [3.63, 3.8) is 0 Å². The van der Waals surface area contributed by atoms with Gasteiger partial charge in [0.1, 0.15) is 0 Å². The largest absolute Gasteiger partial charge is 0.343 e. The molecule has 27 heavy (non-hydrogen) atoms. The molecule has 0 aliphatic carbocycles. The number of halogens is 1. The molecule has 1 heterocycles. The van der Waals surface area contributed by atoms with Gasteiger partial charge in [-0.05, 0) is 46.1 Å². The summed E-state index contributed by atoms with van der Waals surface area (Å²) < 4.78 is 0.784. The van der Waals surface area contributed by atoms with Crippen LogP contribution in [0.3, 0.4) is 0 Å². The summed E-state index contributed by atoms with van der Waals surface area (Å²) in [5, 5.41) is 6.24. The van der Waals surface area contributed by atoms with Crippen LogP contribution in [0.1, 0.15) is 35.8 Å². The van der Waals surface area contributed by atoms with E-state index in [1.54, 1.807) is 12.1 Å². The minimum atomic E-state index is -0.294. The molecule has 0 spiro atoms. The fourth-order valence-corrected chi connectivity index (χ4v) is 3.08. The molecule has 0 unspecified atom stereocenters. The molecule has 1 aromatic heterocycles. The zero-order valence-electron chi connectivity index (χ0n) is 15.1. The van der Waals surface area contributed by atoms with Crippen molar-refractivity contribution in [1.82, 2.24) is 10.3 Å². The van der Waals surface area contributed by atoms with Gasteiger partial charge < -0.3 is 10.6 Å². The molecule has 0 aliphatic rings. The normalized spacial score (nSPS) is 10.8. The number of nitrogens with one attached hydrogen (secondary N) is 2. The Balaban J connectivity index is 1.76. The van der Waals surface area contributed by atoms with Gasteiger partial charge in [0, 0.05) is 15.6 Å². The van der Waals surface area contributed by atoms with Gasteiger partial charge in [0.05, 0.1) is 23.3 Å². The Bertz CT molecular complexity index is 1000. The number of pyridine rings is 1. The zero-order chi connectivity index (χ0) is 19.4. The predicted octanol–water partition coefficient (Wildman–Crippen LogP) is 4.49. The molecule has 0 saturated heterocycles. The van der Waals surface area contributed by atoms with E-state index in [-0.39, 0.29) is 24.3 Å². The van der Waals surface area contributed by atoms with E-state index in [4.69, 9.17) is 0 Å². The van der Waals surface area contributed by atoms with E-state index in [1.807, 2.05) is 56.3 Å². The summed E-state index contributed by atoms with van der Waals surface area (Å²) in [6.07, 6.45) is 0. The van der Waals surface area contributed by atoms with E-state index in [1.165, 1.54) is 0 Å². The summed E-state index contributed by atoms with van der Waals surface area (Å²) in [5.41, 5.74) is 2.80. The summed E-state index contributed by atoms with van der Waals surface area (Å²) in [5.74, 6) is -0.393. The molecule has 0 bridgehead atoms. The fourth-order valence-electron chi connectivity index (χ4n) is 2.69. The van der Waals surface area contributed by atoms with Crippen LogP contribution in [0.5, 0.6) is 0 Å². The molecule has 3 aromatic rings. The summed E-state index contributed by atoms with van der Waals surface area (Å²) in [7, 11) is 0. The Labute approximate surface area is 166 Å². The second-order valence-corrected chi connectivity index (χ2v) is 7.33. The molecule has 2 aromatic carbocycles. The van der Waals surface area contributed by atoms with E-state index in [9.17, 15) is 9.59 Å². The average molecular weight is 426 g/mol. The van der Waals surface area contributed by atoms with Crippen molar-refractivity contribution in [3.05, 3.63) is 70.3 Å². The van der Waals surface area contributed by atoms with E-state index >= 15 is 0 Å². The lowest BCUT2D eigenvalue weighted by atomic mass is 10.0. The van der Waals surface area contributed by atoms with Gasteiger partial charge in [-0.3, -0.25) is 14.6 Å². The zero-order valence-corrected chi connectivity index (χ0v) is 16.7. The van der Waals surface area contributed by atoms with Crippen molar-refractivity contribution in [2.45, 2.75) is 19.8 Å². The van der Waals surface area contributed by atoms with Gasteiger partial charge in [0.2, 0.25) is 5.91 Å². The Kier molecular flexibility index (Phi) is 5.86. The van der Waals surface area contributed by atoms with Crippen LogP contribution in [-0.2, 0) is 4.79 Å². The van der Waals surface area contributed by atoms with Crippen LogP contribution in [-0.4, -0.2) is 23.3 Å². The Morgan fingerprint density at radius 2 is 1.78 bits per heavy atom. The van der Waals surface area contributed by atoms with E-state index in [2.05, 4.69) is 31.5 Å². The lowest BCUT2D eigenvalue weighted by Gasteiger charge is -2.12. The first-order chi connectivity index (χ1) is 13.0. The van der Waals surface area contributed by atoms with Gasteiger partial charge in [-0.2, -0.15) is 0 Å². The van der Waals surface area contributed by atoms with Crippen LogP contribution in [0.4, 0.5) is 5.69 Å². The maximum atomic E-state index is 12.7. The van der Waals surface area contributed by atoms with Crippen molar-refractivity contribution in [1.29, 1.82) is 0 Å². The highest BCUT2D eigenvalue weighted by Gasteiger charge is 2.15. The third kappa shape index (κ3) is 4.52. The molecule has 0 atom stereocenters. The number of nitrogens with zero attached hydrogens (tertiary/aromatic N) is 1. The van der Waals surface area contributed by atoms with Crippen molar-refractivity contribution >= 4 is 44.3 Å². The number of anilines is 1. The molecule has 5 nitrogen and oxygen atoms in total. The van der Waals surface area contributed by atoms with Crippen molar-refractivity contribution in [3.8, 4) is 0 Å². The van der Waals surface area contributed by atoms with E-state index in [0.717, 1.165) is 21.1 Å². The van der Waals surface area contributed by atoms with Gasteiger partial charge in [0.15, 0.2) is 0 Å². The molecular weight excluding hydrogens is 406 g/mol. The van der Waals surface area contributed by atoms with Crippen LogP contribution in [0.2, 0.25) is 0 Å². The molecule has 138 valence electrons. The highest BCUT2D eigenvalue weighted by molar-refractivity contribution is 9.10. The first-order valence-corrected chi connectivity index (χ1v) is 9.47. The molecule has 3 rings (SSSR count). The molecule has 6 heteroatoms. The Morgan fingerprint density at radius 3 is 2.52 bits per heavy atom. The van der Waals surface area contributed by atoms with Crippen molar-refractivity contribution in [2.24, 2.45) is 0 Å². The lowest BCUT2D eigenvalue weighted by Crippen LogP contribution is -2.33. The van der Waals surface area contributed by atoms with Gasteiger partial charge >= 0.3 is 0 Å². The topological polar surface area (TPSA) is 71.1 Å². The second kappa shape index (κ2) is 8.31. The van der Waals surface area contributed by atoms with Crippen LogP contribution in [0.15, 0.2) is 59.1 Å². The van der Waals surface area contributed by atoms with Crippen LogP contribution < -0.4 is 10.6 Å². The standard InChI is InChI=1S/C21H20BrN3O2/c1-13(2)19-11-15(14-7-3-5-9-17(14)24-19)21(27)23-12-20(26)25-18-10-6-4-8-16(18)22/h3-11,13H,12H2,1-2H3,(H,23,27)(H,25,26). The predicted molar refractivity (Wildman–Crippen MR) is 111 cm³/mol. The van der Waals surface area contributed by atoms with Crippen molar-refractivity contribution < 1.29 is 9.59 Å². The number of carbonyl (C=O) groups excluding carboxylic acids is 2. The number of para-hydroxylation sites is 2. The van der Waals surface area contributed by atoms with E-state index in [0.29, 0.717) is 11.3 Å². The molecule has 0 saturated carbocycles. The lowest BCUT2D eigenvalue weighted by molar-refractivity contribution is -0.115. The van der Waals surface area contributed by atoms with Gasteiger partial charge in [0.25, 0.3) is 5.91 Å². The number of carbonyl (C=O) groups is 2. The van der Waals surface area contributed by atoms with Gasteiger partial charge in [-0.1, -0.05) is 44.2 Å². The molecule has 2 N–H and O–H groups in total. The SMILES string of the molecule is CC(C)c1cc(C(=O)NCC(=O)Nc2ccccc2Br)c2ccccc2n1. The molecule has 2 amide bonds. The second-order valence-electron chi connectivity index (χ2n) is 6.48. The van der Waals surface area contributed by atoms with Crippen LogP contribution in [0.25, 0.3) is 10.9 Å². The first kappa shape index (κ1) is 19.0.